The number of nitrogens with one attached hydrogen (secondary N) is 3. The summed E-state index contributed by atoms with van der Waals surface area (Å²) in [5.41, 5.74) is -0.476. The van der Waals surface area contributed by atoms with Gasteiger partial charge in [-0.05, 0) is 42.8 Å². The highest BCUT2D eigenvalue weighted by atomic mass is 79.9. The van der Waals surface area contributed by atoms with Crippen molar-refractivity contribution in [1.82, 2.24) is 10.6 Å². The van der Waals surface area contributed by atoms with Gasteiger partial charge in [-0.15, -0.1) is 0 Å². The van der Waals surface area contributed by atoms with Crippen LogP contribution in [0.1, 0.15) is 47.2 Å². The van der Waals surface area contributed by atoms with Crippen LogP contribution in [0.4, 0.5) is 18.9 Å². The molecule has 1 heterocycles. The van der Waals surface area contributed by atoms with Crippen molar-refractivity contribution in [3.05, 3.63) is 57.6 Å². The number of aliphatic imine (C=N–C) groups is 1. The summed E-state index contributed by atoms with van der Waals surface area (Å²) in [6, 6.07) is 7.13. The molecule has 0 aliphatic carbocycles. The molecule has 216 valence electrons. The molecule has 5 N–H and O–H groups in total. The molecule has 1 unspecified atom stereocenters. The van der Waals surface area contributed by atoms with Gasteiger partial charge in [0.05, 0.1) is 37.8 Å². The Bertz CT molecular complexity index is 1290. The molecule has 1 aliphatic rings. The topological polar surface area (TPSA) is 149 Å². The molecule has 0 fully saturated rings. The number of aliphatic hydroxyl groups is 1. The number of carbonyl (C=O) groups is 3. The van der Waals surface area contributed by atoms with Crippen LogP contribution in [-0.2, 0) is 20.5 Å². The number of amides is 1. The molecule has 0 radical (unpaired) electrons. The fourth-order valence-corrected chi connectivity index (χ4v) is 4.45. The summed E-state index contributed by atoms with van der Waals surface area (Å²) in [5, 5.41) is 27.7. The van der Waals surface area contributed by atoms with Gasteiger partial charge < -0.3 is 30.9 Å². The number of aromatic hydroxyl groups is 1. The summed E-state index contributed by atoms with van der Waals surface area (Å²) in [6.07, 6.45) is -5.93. The minimum absolute atomic E-state index is 0.0247. The highest BCUT2D eigenvalue weighted by Crippen LogP contribution is 2.35. The van der Waals surface area contributed by atoms with E-state index in [1.807, 2.05) is 0 Å². The number of phenolic OH excluding ortho intramolecular Hbond substituents is 1. The molecule has 0 saturated carbocycles. The van der Waals surface area contributed by atoms with E-state index in [0.29, 0.717) is 11.6 Å². The molecule has 2 aromatic rings. The number of phenols is 1. The summed E-state index contributed by atoms with van der Waals surface area (Å²) in [7, 11) is 0. The first-order valence-corrected chi connectivity index (χ1v) is 13.0. The van der Waals surface area contributed by atoms with E-state index in [9.17, 15) is 37.8 Å². The number of halogens is 4. The van der Waals surface area contributed by atoms with Crippen LogP contribution in [0.2, 0.25) is 0 Å². The van der Waals surface area contributed by atoms with E-state index in [2.05, 4.69) is 36.9 Å². The number of guanidine groups is 1. The van der Waals surface area contributed by atoms with Gasteiger partial charge in [0.25, 0.3) is 5.91 Å². The van der Waals surface area contributed by atoms with Gasteiger partial charge in [-0.25, -0.2) is 0 Å². The summed E-state index contributed by atoms with van der Waals surface area (Å²) in [6.45, 7) is 1.63. The smallest absolute Gasteiger partial charge is 0.416 e. The van der Waals surface area contributed by atoms with Crippen molar-refractivity contribution in [3.8, 4) is 5.75 Å². The van der Waals surface area contributed by atoms with Crippen molar-refractivity contribution in [2.75, 3.05) is 31.6 Å². The molecular formula is C26H28BrF3N4O6. The summed E-state index contributed by atoms with van der Waals surface area (Å²) < 4.78 is 45.2. The SMILES string of the molecule is CCOC(=O)C[C@H](CC(=O)CNC(=O)c1cc(O)cc(NC2=NCC(O)CN2)c1)c1cc(Br)cc(C(F)(F)F)c1. The van der Waals surface area contributed by atoms with Crippen molar-refractivity contribution in [3.63, 3.8) is 0 Å². The number of benzene rings is 2. The van der Waals surface area contributed by atoms with E-state index in [4.69, 9.17) is 4.74 Å². The van der Waals surface area contributed by atoms with Gasteiger partial charge in [-0.3, -0.25) is 19.4 Å². The van der Waals surface area contributed by atoms with Crippen molar-refractivity contribution >= 4 is 45.2 Å². The Morgan fingerprint density at radius 1 is 1.18 bits per heavy atom. The number of ketones is 1. The molecule has 1 aliphatic heterocycles. The molecule has 2 atom stereocenters. The molecule has 0 spiro atoms. The molecule has 14 heteroatoms. The van der Waals surface area contributed by atoms with Crippen LogP contribution in [0.5, 0.6) is 5.75 Å². The molecule has 3 rings (SSSR count). The first kappa shape index (κ1) is 30.9. The molecule has 0 aromatic heterocycles. The van der Waals surface area contributed by atoms with E-state index >= 15 is 0 Å². The van der Waals surface area contributed by atoms with Crippen LogP contribution >= 0.6 is 15.9 Å². The Kier molecular flexibility index (Phi) is 10.5. The Hall–Kier alpha value is -3.65. The number of hydrogen-bond acceptors (Lipinski definition) is 9. The monoisotopic (exact) mass is 628 g/mol. The van der Waals surface area contributed by atoms with Crippen LogP contribution in [-0.4, -0.2) is 66.2 Å². The highest BCUT2D eigenvalue weighted by molar-refractivity contribution is 9.10. The lowest BCUT2D eigenvalue weighted by Gasteiger charge is -2.20. The predicted octanol–water partition coefficient (Wildman–Crippen LogP) is 3.33. The number of nitrogens with zero attached hydrogens (tertiary/aromatic N) is 1. The minimum atomic E-state index is -4.64. The standard InChI is InChI=1S/C26H28BrF3N4O6/c1-2-40-23(38)8-15(14-3-17(26(28,29)30)9-18(27)4-14)6-21(36)11-31-24(39)16-5-19(10-20(35)7-16)34-25-32-12-22(37)13-33-25/h3-5,7,9-10,15,22,35,37H,2,6,8,11-13H2,1H3,(H,31,39)(H2,32,33,34)/t15-/m0/s1. The normalized spacial score (nSPS) is 15.8. The van der Waals surface area contributed by atoms with Gasteiger partial charge in [-0.2, -0.15) is 13.2 Å². The number of β-amino-alcohol motifs (C(OH)–C–C–N with tert-alkyl or cyclic N) is 1. The Morgan fingerprint density at radius 2 is 1.93 bits per heavy atom. The maximum atomic E-state index is 13.4. The van der Waals surface area contributed by atoms with Crippen LogP contribution in [0.3, 0.4) is 0 Å². The fraction of sp³-hybridized carbons (Fsp3) is 0.385. The molecule has 0 saturated heterocycles. The van der Waals surface area contributed by atoms with E-state index < -0.39 is 48.0 Å². The van der Waals surface area contributed by atoms with Crippen molar-refractivity contribution in [2.45, 2.75) is 38.0 Å². The maximum absolute atomic E-state index is 13.4. The van der Waals surface area contributed by atoms with Crippen LogP contribution in [0.25, 0.3) is 0 Å². The Balaban J connectivity index is 1.70. The second-order valence-electron chi connectivity index (χ2n) is 9.02. The second-order valence-corrected chi connectivity index (χ2v) is 9.94. The Morgan fingerprint density at radius 3 is 2.58 bits per heavy atom. The number of hydrogen-bond donors (Lipinski definition) is 5. The number of rotatable bonds is 10. The third-order valence-electron chi connectivity index (χ3n) is 5.77. The van der Waals surface area contributed by atoms with Crippen molar-refractivity contribution < 1.29 is 42.5 Å². The van der Waals surface area contributed by atoms with Gasteiger partial charge in [0.15, 0.2) is 11.7 Å². The molecule has 10 nitrogen and oxygen atoms in total. The summed E-state index contributed by atoms with van der Waals surface area (Å²) in [4.78, 5) is 41.8. The number of aliphatic hydroxyl groups excluding tert-OH is 1. The molecule has 0 bridgehead atoms. The van der Waals surface area contributed by atoms with E-state index in [-0.39, 0.29) is 53.9 Å². The van der Waals surface area contributed by atoms with Crippen molar-refractivity contribution in [1.29, 1.82) is 0 Å². The van der Waals surface area contributed by atoms with E-state index in [0.717, 1.165) is 12.1 Å². The lowest BCUT2D eigenvalue weighted by Crippen LogP contribution is -2.42. The highest BCUT2D eigenvalue weighted by Gasteiger charge is 2.32. The third kappa shape index (κ3) is 9.23. The first-order chi connectivity index (χ1) is 18.8. The first-order valence-electron chi connectivity index (χ1n) is 12.2. The Labute approximate surface area is 236 Å². The van der Waals surface area contributed by atoms with Crippen LogP contribution in [0, 0.1) is 0 Å². The molecule has 40 heavy (non-hydrogen) atoms. The molecule has 1 amide bonds. The van der Waals surface area contributed by atoms with E-state index in [1.54, 1.807) is 6.92 Å². The van der Waals surface area contributed by atoms with Gasteiger partial charge in [0.1, 0.15) is 5.75 Å². The lowest BCUT2D eigenvalue weighted by molar-refractivity contribution is -0.143. The largest absolute Gasteiger partial charge is 0.508 e. The number of esters is 1. The number of anilines is 1. The van der Waals surface area contributed by atoms with Crippen LogP contribution in [0.15, 0.2) is 45.9 Å². The van der Waals surface area contributed by atoms with Gasteiger partial charge in [0.2, 0.25) is 0 Å². The van der Waals surface area contributed by atoms with E-state index in [1.165, 1.54) is 24.3 Å². The fourth-order valence-electron chi connectivity index (χ4n) is 3.94. The quantitative estimate of drug-likeness (QED) is 0.252. The van der Waals surface area contributed by atoms with Crippen molar-refractivity contribution in [2.24, 2.45) is 4.99 Å². The summed E-state index contributed by atoms with van der Waals surface area (Å²) in [5.74, 6) is -2.72. The predicted molar refractivity (Wildman–Crippen MR) is 143 cm³/mol. The maximum Gasteiger partial charge on any atom is 0.416 e. The second kappa shape index (κ2) is 13.6. The van der Waals surface area contributed by atoms with Gasteiger partial charge >= 0.3 is 12.1 Å². The zero-order chi connectivity index (χ0) is 29.4. The van der Waals surface area contributed by atoms with Gasteiger partial charge in [0, 0.05) is 40.7 Å². The number of alkyl halides is 3. The zero-order valence-electron chi connectivity index (χ0n) is 21.3. The molecule has 2 aromatic carbocycles. The zero-order valence-corrected chi connectivity index (χ0v) is 22.9. The summed E-state index contributed by atoms with van der Waals surface area (Å²) >= 11 is 3.05. The number of ether oxygens (including phenoxy) is 1. The number of carbonyl (C=O) groups excluding carboxylic acids is 3. The lowest BCUT2D eigenvalue weighted by atomic mass is 9.89. The van der Waals surface area contributed by atoms with Crippen LogP contribution < -0.4 is 16.0 Å². The minimum Gasteiger partial charge on any atom is -0.508 e. The average Bonchev–Trinajstić information content (AvgIpc) is 2.87. The van der Waals surface area contributed by atoms with Gasteiger partial charge in [-0.1, -0.05) is 15.9 Å². The number of Topliss-reactive ketones (excluding diaryl/α,β-unsaturated/α-hetero) is 1. The third-order valence-corrected chi connectivity index (χ3v) is 6.22. The average molecular weight is 629 g/mol. The molecular weight excluding hydrogens is 601 g/mol.